The largest absolute Gasteiger partial charge is 0.387 e. The fourth-order valence-corrected chi connectivity index (χ4v) is 6.30. The summed E-state index contributed by atoms with van der Waals surface area (Å²) in [6.07, 6.45) is 3.04. The zero-order chi connectivity index (χ0) is 27.5. The van der Waals surface area contributed by atoms with Gasteiger partial charge in [0.05, 0.1) is 27.8 Å². The lowest BCUT2D eigenvalue weighted by Gasteiger charge is -2.31. The molecule has 1 aromatic carbocycles. The fourth-order valence-electron chi connectivity index (χ4n) is 4.71. The van der Waals surface area contributed by atoms with Crippen LogP contribution in [0.5, 0.6) is 0 Å². The van der Waals surface area contributed by atoms with Crippen molar-refractivity contribution in [1.29, 1.82) is 0 Å². The van der Waals surface area contributed by atoms with Crippen molar-refractivity contribution in [2.75, 3.05) is 31.6 Å². The van der Waals surface area contributed by atoms with E-state index < -0.39 is 12.1 Å². The summed E-state index contributed by atoms with van der Waals surface area (Å²) < 4.78 is 5.42. The number of benzene rings is 1. The number of carbonyl (C=O) groups is 2. The van der Waals surface area contributed by atoms with Gasteiger partial charge < -0.3 is 25.4 Å². The second-order valence-corrected chi connectivity index (χ2v) is 11.6. The Morgan fingerprint density at radius 1 is 1.28 bits per heavy atom. The van der Waals surface area contributed by atoms with Crippen molar-refractivity contribution < 1.29 is 19.4 Å². The summed E-state index contributed by atoms with van der Waals surface area (Å²) >= 11 is 13.9. The van der Waals surface area contributed by atoms with Crippen molar-refractivity contribution >= 4 is 52.3 Å². The predicted molar refractivity (Wildman–Crippen MR) is 151 cm³/mol. The molecule has 0 spiro atoms. The van der Waals surface area contributed by atoms with Gasteiger partial charge in [-0.3, -0.25) is 9.59 Å². The molecular formula is C27H29Cl2N5O4S. The van der Waals surface area contributed by atoms with Gasteiger partial charge in [0, 0.05) is 48.7 Å². The number of aliphatic hydroxyl groups excluding tert-OH is 1. The Labute approximate surface area is 240 Å². The molecule has 0 saturated carbocycles. The normalized spacial score (nSPS) is 17.4. The highest BCUT2D eigenvalue weighted by Gasteiger charge is 2.33. The van der Waals surface area contributed by atoms with Crippen molar-refractivity contribution in [1.82, 2.24) is 20.2 Å². The molecule has 39 heavy (non-hydrogen) atoms. The number of hydrogen-bond donors (Lipinski definition) is 3. The molecule has 2 aromatic heterocycles. The Balaban J connectivity index is 1.25. The topological polar surface area (TPSA) is 117 Å². The smallest absolute Gasteiger partial charge is 0.255 e. The molecule has 5 rings (SSSR count). The van der Waals surface area contributed by atoms with Crippen molar-refractivity contribution in [2.24, 2.45) is 0 Å². The molecule has 9 nitrogen and oxygen atoms in total. The summed E-state index contributed by atoms with van der Waals surface area (Å²) in [6, 6.07) is 8.17. The number of anilines is 1. The second-order valence-electron chi connectivity index (χ2n) is 9.61. The van der Waals surface area contributed by atoms with Crippen molar-refractivity contribution in [2.45, 2.75) is 44.4 Å². The lowest BCUT2D eigenvalue weighted by Crippen LogP contribution is -2.50. The number of carbonyl (C=O) groups excluding carboxylic acids is 2. The average molecular weight is 591 g/mol. The van der Waals surface area contributed by atoms with Gasteiger partial charge in [0.25, 0.3) is 5.91 Å². The van der Waals surface area contributed by atoms with E-state index in [9.17, 15) is 14.7 Å². The van der Waals surface area contributed by atoms with Crippen molar-refractivity contribution in [3.8, 4) is 10.6 Å². The third kappa shape index (κ3) is 6.36. The molecule has 2 aliphatic heterocycles. The predicted octanol–water partition coefficient (Wildman–Crippen LogP) is 4.34. The molecule has 206 valence electrons. The standard InChI is InChI=1S/C27H29Cl2N5O4S/c1-15(25(36)30-14-21(35)16-3-2-4-17(28)11-16)34-8-5-22-19(26(34)37)12-23(39-22)24-20(29)13-31-27(33-24)32-18-6-9-38-10-7-18/h2-4,11-13,15,18,21,35H,5-10,14H2,1H3,(H,30,36)(H,31,32,33)/t15-,21-/m1/s1. The van der Waals surface area contributed by atoms with E-state index in [4.69, 9.17) is 27.9 Å². The van der Waals surface area contributed by atoms with Gasteiger partial charge in [0.15, 0.2) is 0 Å². The summed E-state index contributed by atoms with van der Waals surface area (Å²) in [5.74, 6) is -0.0700. The van der Waals surface area contributed by atoms with Crippen LogP contribution < -0.4 is 10.6 Å². The first-order valence-corrected chi connectivity index (χ1v) is 14.4. The Morgan fingerprint density at radius 3 is 2.85 bits per heavy atom. The number of thiophene rings is 1. The molecule has 4 heterocycles. The zero-order valence-corrected chi connectivity index (χ0v) is 23.7. The minimum Gasteiger partial charge on any atom is -0.387 e. The number of aromatic nitrogens is 2. The van der Waals surface area contributed by atoms with Crippen LogP contribution in [0.3, 0.4) is 0 Å². The Kier molecular flexibility index (Phi) is 8.68. The number of nitrogens with one attached hydrogen (secondary N) is 2. The lowest BCUT2D eigenvalue weighted by atomic mass is 10.1. The summed E-state index contributed by atoms with van der Waals surface area (Å²) in [6.45, 7) is 3.51. The Morgan fingerprint density at radius 2 is 2.08 bits per heavy atom. The van der Waals surface area contributed by atoms with Gasteiger partial charge in [0.2, 0.25) is 11.9 Å². The number of halogens is 2. The van der Waals surface area contributed by atoms with Gasteiger partial charge in [-0.2, -0.15) is 0 Å². The number of nitrogens with zero attached hydrogens (tertiary/aromatic N) is 3. The van der Waals surface area contributed by atoms with E-state index in [2.05, 4.69) is 20.6 Å². The zero-order valence-electron chi connectivity index (χ0n) is 21.3. The average Bonchev–Trinajstić information content (AvgIpc) is 3.38. The summed E-state index contributed by atoms with van der Waals surface area (Å²) in [5, 5.41) is 17.4. The number of ether oxygens (including phenoxy) is 1. The van der Waals surface area contributed by atoms with E-state index in [1.54, 1.807) is 48.4 Å². The number of rotatable bonds is 8. The van der Waals surface area contributed by atoms with Crippen molar-refractivity contribution in [3.05, 3.63) is 62.6 Å². The summed E-state index contributed by atoms with van der Waals surface area (Å²) in [7, 11) is 0. The van der Waals surface area contributed by atoms with E-state index in [-0.39, 0.29) is 24.4 Å². The first-order chi connectivity index (χ1) is 18.8. The minimum atomic E-state index is -0.911. The van der Waals surface area contributed by atoms with E-state index in [1.807, 2.05) is 0 Å². The third-order valence-electron chi connectivity index (χ3n) is 6.96. The molecule has 0 radical (unpaired) electrons. The number of fused-ring (bicyclic) bond motifs is 1. The second kappa shape index (κ2) is 12.2. The first-order valence-electron chi connectivity index (χ1n) is 12.8. The van der Waals surface area contributed by atoms with Crippen LogP contribution in [0.4, 0.5) is 5.95 Å². The molecular weight excluding hydrogens is 561 g/mol. The third-order valence-corrected chi connectivity index (χ3v) is 8.68. The molecule has 0 aliphatic carbocycles. The Hall–Kier alpha value is -2.76. The molecule has 0 bridgehead atoms. The Bertz CT molecular complexity index is 1360. The maximum atomic E-state index is 13.4. The highest BCUT2D eigenvalue weighted by molar-refractivity contribution is 7.16. The van der Waals surface area contributed by atoms with Gasteiger partial charge in [-0.25, -0.2) is 9.97 Å². The fraction of sp³-hybridized carbons (Fsp3) is 0.407. The first kappa shape index (κ1) is 27.8. The van der Waals surface area contributed by atoms with Crippen LogP contribution in [0.2, 0.25) is 10.0 Å². The van der Waals surface area contributed by atoms with E-state index in [1.165, 1.54) is 11.3 Å². The van der Waals surface area contributed by atoms with Crippen LogP contribution in [-0.4, -0.2) is 70.2 Å². The van der Waals surface area contributed by atoms with Crippen LogP contribution >= 0.6 is 34.5 Å². The SMILES string of the molecule is C[C@H](C(=O)NC[C@@H](O)c1cccc(Cl)c1)N1CCc2sc(-c3nc(NC4CCOCC4)ncc3Cl)cc2C1=O. The molecule has 12 heteroatoms. The number of hydrogen-bond acceptors (Lipinski definition) is 8. The maximum Gasteiger partial charge on any atom is 0.255 e. The maximum absolute atomic E-state index is 13.4. The molecule has 3 aromatic rings. The molecule has 1 saturated heterocycles. The lowest BCUT2D eigenvalue weighted by molar-refractivity contribution is -0.125. The van der Waals surface area contributed by atoms with Gasteiger partial charge >= 0.3 is 0 Å². The highest BCUT2D eigenvalue weighted by atomic mass is 35.5. The molecule has 2 amide bonds. The quantitative estimate of drug-likeness (QED) is 0.358. The highest BCUT2D eigenvalue weighted by Crippen LogP contribution is 2.37. The van der Waals surface area contributed by atoms with E-state index in [0.29, 0.717) is 59.0 Å². The summed E-state index contributed by atoms with van der Waals surface area (Å²) in [4.78, 5) is 38.6. The minimum absolute atomic E-state index is 0.00978. The van der Waals surface area contributed by atoms with Gasteiger partial charge in [-0.1, -0.05) is 35.3 Å². The van der Waals surface area contributed by atoms with Crippen LogP contribution in [-0.2, 0) is 16.0 Å². The van der Waals surface area contributed by atoms with Crippen LogP contribution in [0.1, 0.15) is 46.7 Å². The van der Waals surface area contributed by atoms with Gasteiger partial charge in [0.1, 0.15) is 11.7 Å². The molecule has 0 unspecified atom stereocenters. The molecule has 2 aliphatic rings. The van der Waals surface area contributed by atoms with Crippen LogP contribution in [0.25, 0.3) is 10.6 Å². The monoisotopic (exact) mass is 589 g/mol. The molecule has 1 fully saturated rings. The molecule has 2 atom stereocenters. The van der Waals surface area contributed by atoms with E-state index >= 15 is 0 Å². The number of amides is 2. The van der Waals surface area contributed by atoms with Crippen LogP contribution in [0.15, 0.2) is 36.5 Å². The summed E-state index contributed by atoms with van der Waals surface area (Å²) in [5.41, 5.74) is 1.73. The van der Waals surface area contributed by atoms with Gasteiger partial charge in [-0.15, -0.1) is 11.3 Å². The van der Waals surface area contributed by atoms with Crippen molar-refractivity contribution in [3.63, 3.8) is 0 Å². The molecule has 3 N–H and O–H groups in total. The van der Waals surface area contributed by atoms with E-state index in [0.717, 1.165) is 22.6 Å². The van der Waals surface area contributed by atoms with Gasteiger partial charge in [-0.05, 0) is 43.5 Å². The van der Waals surface area contributed by atoms with Crippen LogP contribution in [0, 0.1) is 0 Å². The number of aliphatic hydroxyl groups is 1.